The van der Waals surface area contributed by atoms with Crippen molar-refractivity contribution in [2.24, 2.45) is 0 Å². The SMILES string of the molecule is COC(=O)Cc1c([N+](=O)[O-])ccc(Cl)c1CCl. The summed E-state index contributed by atoms with van der Waals surface area (Å²) in [4.78, 5) is 21.5. The number of halogens is 2. The number of benzene rings is 1. The van der Waals surface area contributed by atoms with E-state index >= 15 is 0 Å². The van der Waals surface area contributed by atoms with Gasteiger partial charge in [-0.3, -0.25) is 14.9 Å². The van der Waals surface area contributed by atoms with Gasteiger partial charge >= 0.3 is 5.97 Å². The van der Waals surface area contributed by atoms with Crippen molar-refractivity contribution in [1.29, 1.82) is 0 Å². The predicted octanol–water partition coefficient (Wildman–Crippen LogP) is 2.70. The van der Waals surface area contributed by atoms with E-state index in [2.05, 4.69) is 4.74 Å². The molecule has 5 nitrogen and oxygen atoms in total. The molecule has 0 aliphatic rings. The highest BCUT2D eigenvalue weighted by Crippen LogP contribution is 2.30. The molecule has 1 rings (SSSR count). The van der Waals surface area contributed by atoms with Crippen molar-refractivity contribution in [2.45, 2.75) is 12.3 Å². The monoisotopic (exact) mass is 277 g/mol. The summed E-state index contributed by atoms with van der Waals surface area (Å²) >= 11 is 11.6. The molecule has 7 heteroatoms. The lowest BCUT2D eigenvalue weighted by Crippen LogP contribution is -2.09. The van der Waals surface area contributed by atoms with Crippen molar-refractivity contribution >= 4 is 34.9 Å². The number of methoxy groups -OCH3 is 1. The Morgan fingerprint density at radius 3 is 2.59 bits per heavy atom. The second kappa shape index (κ2) is 5.84. The molecule has 1 aromatic rings. The maximum absolute atomic E-state index is 11.2. The lowest BCUT2D eigenvalue weighted by Gasteiger charge is -2.08. The lowest BCUT2D eigenvalue weighted by molar-refractivity contribution is -0.385. The summed E-state index contributed by atoms with van der Waals surface area (Å²) < 4.78 is 4.48. The van der Waals surface area contributed by atoms with Gasteiger partial charge in [-0.2, -0.15) is 0 Å². The molecule has 0 spiro atoms. The molecule has 0 heterocycles. The van der Waals surface area contributed by atoms with Gasteiger partial charge in [0.25, 0.3) is 5.69 Å². The molecule has 0 radical (unpaired) electrons. The van der Waals surface area contributed by atoms with E-state index in [9.17, 15) is 14.9 Å². The van der Waals surface area contributed by atoms with E-state index in [4.69, 9.17) is 23.2 Å². The van der Waals surface area contributed by atoms with Crippen LogP contribution in [0.1, 0.15) is 11.1 Å². The largest absolute Gasteiger partial charge is 0.469 e. The normalized spacial score (nSPS) is 10.1. The van der Waals surface area contributed by atoms with Gasteiger partial charge in [-0.05, 0) is 11.6 Å². The molecule has 0 atom stereocenters. The first-order valence-electron chi connectivity index (χ1n) is 4.58. The Morgan fingerprint density at radius 2 is 2.12 bits per heavy atom. The van der Waals surface area contributed by atoms with Crippen LogP contribution in [0.2, 0.25) is 5.02 Å². The van der Waals surface area contributed by atoms with E-state index in [1.165, 1.54) is 19.2 Å². The third kappa shape index (κ3) is 3.08. The average molecular weight is 278 g/mol. The van der Waals surface area contributed by atoms with Crippen LogP contribution in [-0.4, -0.2) is 18.0 Å². The number of hydrogen-bond donors (Lipinski definition) is 0. The van der Waals surface area contributed by atoms with Crippen LogP contribution in [-0.2, 0) is 21.8 Å². The number of ether oxygens (including phenoxy) is 1. The molecular weight excluding hydrogens is 269 g/mol. The molecule has 0 bridgehead atoms. The second-order valence-corrected chi connectivity index (χ2v) is 3.84. The lowest BCUT2D eigenvalue weighted by atomic mass is 10.0. The van der Waals surface area contributed by atoms with Crippen molar-refractivity contribution < 1.29 is 14.5 Å². The Labute approximate surface area is 107 Å². The molecule has 0 aliphatic carbocycles. The molecule has 0 saturated carbocycles. The van der Waals surface area contributed by atoms with Gasteiger partial charge in [0, 0.05) is 22.5 Å². The van der Waals surface area contributed by atoms with Crippen molar-refractivity contribution in [1.82, 2.24) is 0 Å². The zero-order valence-electron chi connectivity index (χ0n) is 8.91. The first-order chi connectivity index (χ1) is 8.01. The highest BCUT2D eigenvalue weighted by molar-refractivity contribution is 6.32. The summed E-state index contributed by atoms with van der Waals surface area (Å²) in [6.07, 6.45) is -0.227. The standard InChI is InChI=1S/C10H9Cl2NO4/c1-17-10(14)4-6-7(5-11)8(12)2-3-9(6)13(15)16/h2-3H,4-5H2,1H3. The first kappa shape index (κ1) is 13.7. The Morgan fingerprint density at radius 1 is 1.47 bits per heavy atom. The predicted molar refractivity (Wildman–Crippen MR) is 63.4 cm³/mol. The third-order valence-corrected chi connectivity index (χ3v) is 2.85. The van der Waals surface area contributed by atoms with Crippen LogP contribution in [0.15, 0.2) is 12.1 Å². The molecule has 0 aliphatic heterocycles. The highest BCUT2D eigenvalue weighted by Gasteiger charge is 2.22. The van der Waals surface area contributed by atoms with Crippen molar-refractivity contribution in [2.75, 3.05) is 7.11 Å². The third-order valence-electron chi connectivity index (χ3n) is 2.23. The average Bonchev–Trinajstić information content (AvgIpc) is 2.28. The van der Waals surface area contributed by atoms with Gasteiger partial charge in [0.05, 0.1) is 18.5 Å². The summed E-state index contributed by atoms with van der Waals surface area (Å²) in [5.41, 5.74) is 0.396. The van der Waals surface area contributed by atoms with E-state index in [1.54, 1.807) is 0 Å². The van der Waals surface area contributed by atoms with E-state index in [-0.39, 0.29) is 23.6 Å². The van der Waals surface area contributed by atoms with Crippen LogP contribution < -0.4 is 0 Å². The van der Waals surface area contributed by atoms with Gasteiger partial charge in [-0.15, -0.1) is 11.6 Å². The molecule has 0 amide bonds. The van der Waals surface area contributed by atoms with Gasteiger partial charge in [0.2, 0.25) is 0 Å². The van der Waals surface area contributed by atoms with Crippen molar-refractivity contribution in [3.8, 4) is 0 Å². The molecule has 0 aromatic heterocycles. The fourth-order valence-electron chi connectivity index (χ4n) is 1.38. The van der Waals surface area contributed by atoms with Crippen LogP contribution in [0.4, 0.5) is 5.69 Å². The molecule has 0 fully saturated rings. The number of nitro benzene ring substituents is 1. The van der Waals surface area contributed by atoms with Crippen LogP contribution in [0.5, 0.6) is 0 Å². The number of rotatable bonds is 4. The maximum Gasteiger partial charge on any atom is 0.310 e. The smallest absolute Gasteiger partial charge is 0.310 e. The number of carbonyl (C=O) groups excluding carboxylic acids is 1. The number of hydrogen-bond acceptors (Lipinski definition) is 4. The fraction of sp³-hybridized carbons (Fsp3) is 0.300. The van der Waals surface area contributed by atoms with Crippen LogP contribution in [0.25, 0.3) is 0 Å². The minimum Gasteiger partial charge on any atom is -0.469 e. The van der Waals surface area contributed by atoms with E-state index in [1.807, 2.05) is 0 Å². The summed E-state index contributed by atoms with van der Waals surface area (Å²) in [6.45, 7) is 0. The number of carbonyl (C=O) groups is 1. The highest BCUT2D eigenvalue weighted by atomic mass is 35.5. The van der Waals surface area contributed by atoms with Gasteiger partial charge in [0.15, 0.2) is 0 Å². The Bertz CT molecular complexity index is 462. The zero-order valence-corrected chi connectivity index (χ0v) is 10.4. The Hall–Kier alpha value is -1.33. The molecule has 0 saturated heterocycles. The van der Waals surface area contributed by atoms with E-state index in [0.717, 1.165) is 0 Å². The fourth-order valence-corrected chi connectivity index (χ4v) is 2.00. The molecule has 0 unspecified atom stereocenters. The maximum atomic E-state index is 11.2. The van der Waals surface area contributed by atoms with Crippen LogP contribution in [0, 0.1) is 10.1 Å². The number of nitrogens with zero attached hydrogens (tertiary/aromatic N) is 1. The molecular formula is C10H9Cl2NO4. The van der Waals surface area contributed by atoms with Gasteiger partial charge < -0.3 is 4.74 Å². The van der Waals surface area contributed by atoms with E-state index < -0.39 is 10.9 Å². The Kier molecular flexibility index (Phi) is 4.72. The van der Waals surface area contributed by atoms with Crippen LogP contribution in [0.3, 0.4) is 0 Å². The second-order valence-electron chi connectivity index (χ2n) is 3.17. The summed E-state index contributed by atoms with van der Waals surface area (Å²) in [6, 6.07) is 2.63. The number of alkyl halides is 1. The van der Waals surface area contributed by atoms with Gasteiger partial charge in [-0.25, -0.2) is 0 Å². The van der Waals surface area contributed by atoms with Crippen molar-refractivity contribution in [3.05, 3.63) is 38.4 Å². The Balaban J connectivity index is 3.33. The summed E-state index contributed by atoms with van der Waals surface area (Å²) in [5.74, 6) is -0.589. The molecule has 17 heavy (non-hydrogen) atoms. The molecule has 92 valence electrons. The quantitative estimate of drug-likeness (QED) is 0.367. The molecule has 0 N–H and O–H groups in total. The van der Waals surface area contributed by atoms with Crippen molar-refractivity contribution in [3.63, 3.8) is 0 Å². The summed E-state index contributed by atoms with van der Waals surface area (Å²) in [5, 5.41) is 11.1. The number of esters is 1. The topological polar surface area (TPSA) is 69.4 Å². The van der Waals surface area contributed by atoms with E-state index in [0.29, 0.717) is 10.6 Å². The van der Waals surface area contributed by atoms with Crippen LogP contribution >= 0.6 is 23.2 Å². The first-order valence-corrected chi connectivity index (χ1v) is 5.50. The minimum absolute atomic E-state index is 0.00710. The molecule has 1 aromatic carbocycles. The minimum atomic E-state index is -0.582. The van der Waals surface area contributed by atoms with Gasteiger partial charge in [-0.1, -0.05) is 11.6 Å². The van der Waals surface area contributed by atoms with Gasteiger partial charge in [0.1, 0.15) is 0 Å². The zero-order chi connectivity index (χ0) is 13.0. The summed E-state index contributed by atoms with van der Waals surface area (Å²) in [7, 11) is 1.21. The number of nitro groups is 1.